The molecule has 0 spiro atoms. The van der Waals surface area contributed by atoms with Gasteiger partial charge in [-0.05, 0) is 6.92 Å². The monoisotopic (exact) mass is 336 g/mol. The third-order valence-corrected chi connectivity index (χ3v) is 2.93. The Bertz CT molecular complexity index is 433. The van der Waals surface area contributed by atoms with Crippen LogP contribution in [0.1, 0.15) is 6.92 Å². The minimum absolute atomic E-state index is 0.0527. The highest BCUT2D eigenvalue weighted by atomic mass is 32.1. The molecule has 10 nitrogen and oxygen atoms in total. The summed E-state index contributed by atoms with van der Waals surface area (Å²) in [5.74, 6) is -3.52. The molecule has 0 saturated heterocycles. The maximum atomic E-state index is 11.9. The molecule has 3 amide bonds. The zero-order valence-corrected chi connectivity index (χ0v) is 12.8. The van der Waals surface area contributed by atoms with Crippen LogP contribution in [0.4, 0.5) is 0 Å². The third-order valence-electron chi connectivity index (χ3n) is 2.56. The van der Waals surface area contributed by atoms with Crippen molar-refractivity contribution in [3.05, 3.63) is 0 Å². The average molecular weight is 336 g/mol. The molecule has 22 heavy (non-hydrogen) atoms. The van der Waals surface area contributed by atoms with Gasteiger partial charge in [-0.15, -0.1) is 0 Å². The lowest BCUT2D eigenvalue weighted by Crippen LogP contribution is -2.57. The molecule has 0 aromatic carbocycles. The molecule has 0 aliphatic carbocycles. The molecular formula is C11H20N4O6S. The van der Waals surface area contributed by atoms with E-state index in [1.54, 1.807) is 0 Å². The second kappa shape index (κ2) is 9.97. The van der Waals surface area contributed by atoms with E-state index >= 15 is 0 Å². The van der Waals surface area contributed by atoms with Crippen molar-refractivity contribution in [2.75, 3.05) is 18.9 Å². The Morgan fingerprint density at radius 2 is 1.64 bits per heavy atom. The highest BCUT2D eigenvalue weighted by Gasteiger charge is 2.27. The fourth-order valence-corrected chi connectivity index (χ4v) is 1.55. The van der Waals surface area contributed by atoms with E-state index in [2.05, 4.69) is 28.6 Å². The fraction of sp³-hybridized carbons (Fsp3) is 0.636. The van der Waals surface area contributed by atoms with Crippen LogP contribution in [-0.4, -0.2) is 70.9 Å². The van der Waals surface area contributed by atoms with Gasteiger partial charge in [-0.3, -0.25) is 19.2 Å². The molecule has 0 heterocycles. The standard InChI is InChI=1S/C11H20N4O6S/c1-5(11(20)21)13-9(18)6(3-16)15-10(19)7(4-22)14-8(17)2-12/h5-7,16,22H,2-4,12H2,1H3,(H,13,18)(H,14,17)(H,15,19)(H,20,21). The molecule has 0 saturated carbocycles. The van der Waals surface area contributed by atoms with Crippen molar-refractivity contribution in [2.45, 2.75) is 25.0 Å². The number of hydrogen-bond donors (Lipinski definition) is 7. The summed E-state index contributed by atoms with van der Waals surface area (Å²) < 4.78 is 0. The molecule has 3 unspecified atom stereocenters. The highest BCUT2D eigenvalue weighted by molar-refractivity contribution is 7.80. The van der Waals surface area contributed by atoms with Gasteiger partial charge in [0.1, 0.15) is 18.1 Å². The fourth-order valence-electron chi connectivity index (χ4n) is 1.29. The molecule has 126 valence electrons. The molecule has 0 aliphatic rings. The van der Waals surface area contributed by atoms with Gasteiger partial charge in [-0.2, -0.15) is 12.6 Å². The lowest BCUT2D eigenvalue weighted by molar-refractivity contribution is -0.142. The van der Waals surface area contributed by atoms with Crippen molar-refractivity contribution >= 4 is 36.3 Å². The molecule has 11 heteroatoms. The molecule has 0 aliphatic heterocycles. The molecule has 0 aromatic heterocycles. The van der Waals surface area contributed by atoms with Gasteiger partial charge in [-0.1, -0.05) is 0 Å². The van der Waals surface area contributed by atoms with Crippen LogP contribution in [-0.2, 0) is 19.2 Å². The van der Waals surface area contributed by atoms with Gasteiger partial charge in [0.05, 0.1) is 13.2 Å². The van der Waals surface area contributed by atoms with Crippen molar-refractivity contribution in [3.63, 3.8) is 0 Å². The summed E-state index contributed by atoms with van der Waals surface area (Å²) in [6.07, 6.45) is 0. The van der Waals surface area contributed by atoms with Crippen molar-refractivity contribution in [1.29, 1.82) is 0 Å². The summed E-state index contributed by atoms with van der Waals surface area (Å²) >= 11 is 3.90. The maximum absolute atomic E-state index is 11.9. The number of amides is 3. The number of aliphatic carboxylic acids is 1. The minimum atomic E-state index is -1.36. The number of aliphatic hydroxyl groups excluding tert-OH is 1. The molecule has 0 aromatic rings. The first-order valence-electron chi connectivity index (χ1n) is 6.31. The summed E-state index contributed by atoms with van der Waals surface area (Å²) in [7, 11) is 0. The number of thiol groups is 1. The van der Waals surface area contributed by atoms with Crippen LogP contribution in [0.15, 0.2) is 0 Å². The maximum Gasteiger partial charge on any atom is 0.325 e. The molecule has 0 fully saturated rings. The number of nitrogens with two attached hydrogens (primary N) is 1. The van der Waals surface area contributed by atoms with Crippen molar-refractivity contribution in [1.82, 2.24) is 16.0 Å². The van der Waals surface area contributed by atoms with Crippen molar-refractivity contribution in [3.8, 4) is 0 Å². The third kappa shape index (κ3) is 6.74. The first-order chi connectivity index (χ1) is 10.3. The Kier molecular flexibility index (Phi) is 9.13. The van der Waals surface area contributed by atoms with Crippen LogP contribution >= 0.6 is 12.6 Å². The number of carbonyl (C=O) groups is 4. The Balaban J connectivity index is 4.70. The zero-order chi connectivity index (χ0) is 17.3. The minimum Gasteiger partial charge on any atom is -0.480 e. The number of carbonyl (C=O) groups excluding carboxylic acids is 3. The van der Waals surface area contributed by atoms with E-state index in [9.17, 15) is 19.2 Å². The van der Waals surface area contributed by atoms with E-state index in [-0.39, 0.29) is 12.3 Å². The van der Waals surface area contributed by atoms with Gasteiger partial charge < -0.3 is 31.9 Å². The van der Waals surface area contributed by atoms with Crippen LogP contribution in [0.25, 0.3) is 0 Å². The van der Waals surface area contributed by atoms with Crippen molar-refractivity contribution < 1.29 is 29.4 Å². The average Bonchev–Trinajstić information content (AvgIpc) is 2.48. The molecule has 0 bridgehead atoms. The topological polar surface area (TPSA) is 171 Å². The lowest BCUT2D eigenvalue weighted by Gasteiger charge is -2.21. The zero-order valence-electron chi connectivity index (χ0n) is 11.9. The van der Waals surface area contributed by atoms with Gasteiger partial charge in [0, 0.05) is 5.75 Å². The highest BCUT2D eigenvalue weighted by Crippen LogP contribution is 1.93. The Hall–Kier alpha value is -1.85. The van der Waals surface area contributed by atoms with Crippen LogP contribution < -0.4 is 21.7 Å². The Morgan fingerprint density at radius 1 is 1.09 bits per heavy atom. The quantitative estimate of drug-likeness (QED) is 0.213. The first kappa shape index (κ1) is 20.1. The molecular weight excluding hydrogens is 316 g/mol. The number of carboxylic acid groups (broad SMARTS) is 1. The predicted octanol–water partition coefficient (Wildman–Crippen LogP) is -3.57. The van der Waals surface area contributed by atoms with Crippen LogP contribution in [0.2, 0.25) is 0 Å². The van der Waals surface area contributed by atoms with Gasteiger partial charge in [-0.25, -0.2) is 0 Å². The van der Waals surface area contributed by atoms with Gasteiger partial charge in [0.15, 0.2) is 0 Å². The number of aliphatic hydroxyl groups is 1. The van der Waals surface area contributed by atoms with Gasteiger partial charge in [0.25, 0.3) is 0 Å². The first-order valence-corrected chi connectivity index (χ1v) is 6.94. The summed E-state index contributed by atoms with van der Waals surface area (Å²) in [6.45, 7) is 0.167. The van der Waals surface area contributed by atoms with Gasteiger partial charge >= 0.3 is 5.97 Å². The van der Waals surface area contributed by atoms with E-state index < -0.39 is 48.4 Å². The lowest BCUT2D eigenvalue weighted by atomic mass is 10.2. The van der Waals surface area contributed by atoms with E-state index in [1.165, 1.54) is 6.92 Å². The van der Waals surface area contributed by atoms with E-state index in [1.807, 2.05) is 0 Å². The van der Waals surface area contributed by atoms with E-state index in [4.69, 9.17) is 15.9 Å². The van der Waals surface area contributed by atoms with Crippen LogP contribution in [0, 0.1) is 0 Å². The van der Waals surface area contributed by atoms with Crippen LogP contribution in [0.3, 0.4) is 0 Å². The van der Waals surface area contributed by atoms with Crippen LogP contribution in [0.5, 0.6) is 0 Å². The molecule has 7 N–H and O–H groups in total. The summed E-state index contributed by atoms with van der Waals surface area (Å²) in [5, 5.41) is 24.4. The number of hydrogen-bond acceptors (Lipinski definition) is 7. The Labute approximate surface area is 132 Å². The second-order valence-corrected chi connectivity index (χ2v) is 4.68. The number of carboxylic acids is 1. The number of nitrogens with one attached hydrogen (secondary N) is 3. The number of rotatable bonds is 9. The summed E-state index contributed by atoms with van der Waals surface area (Å²) in [6, 6.07) is -3.58. The van der Waals surface area contributed by atoms with E-state index in [0.29, 0.717) is 0 Å². The summed E-state index contributed by atoms with van der Waals surface area (Å²) in [5.41, 5.74) is 5.11. The predicted molar refractivity (Wildman–Crippen MR) is 79.1 cm³/mol. The largest absolute Gasteiger partial charge is 0.480 e. The second-order valence-electron chi connectivity index (χ2n) is 4.32. The van der Waals surface area contributed by atoms with Gasteiger partial charge in [0.2, 0.25) is 17.7 Å². The normalized spacial score (nSPS) is 14.4. The smallest absolute Gasteiger partial charge is 0.325 e. The SMILES string of the molecule is CC(NC(=O)C(CO)NC(=O)C(CS)NC(=O)CN)C(=O)O. The summed E-state index contributed by atoms with van der Waals surface area (Å²) in [4.78, 5) is 45.4. The van der Waals surface area contributed by atoms with E-state index in [0.717, 1.165) is 0 Å². The van der Waals surface area contributed by atoms with Crippen molar-refractivity contribution in [2.24, 2.45) is 5.73 Å². The molecule has 0 rings (SSSR count). The Morgan fingerprint density at radius 3 is 2.05 bits per heavy atom. The molecule has 3 atom stereocenters. The molecule has 0 radical (unpaired) electrons.